The highest BCUT2D eigenvalue weighted by atomic mass is 35.5. The van der Waals surface area contributed by atoms with E-state index < -0.39 is 29.6 Å². The minimum atomic E-state index is -1.33. The molecular weight excluding hydrogens is 480 g/mol. The highest BCUT2D eigenvalue weighted by molar-refractivity contribution is 6.32. The van der Waals surface area contributed by atoms with Gasteiger partial charge in [-0.25, -0.2) is 13.6 Å². The number of benzene rings is 3. The van der Waals surface area contributed by atoms with Crippen LogP contribution in [0.5, 0.6) is 11.5 Å². The molecule has 0 fully saturated rings. The zero-order valence-corrected chi connectivity index (χ0v) is 20.0. The molecule has 9 heteroatoms. The number of hydrogen-bond acceptors (Lipinski definition) is 4. The van der Waals surface area contributed by atoms with Crippen molar-refractivity contribution in [2.45, 2.75) is 19.4 Å². The van der Waals surface area contributed by atoms with Gasteiger partial charge in [0, 0.05) is 28.8 Å². The molecule has 1 heterocycles. The van der Waals surface area contributed by atoms with Gasteiger partial charge >= 0.3 is 5.97 Å². The summed E-state index contributed by atoms with van der Waals surface area (Å²) in [5.41, 5.74) is 1.26. The molecule has 1 amide bonds. The lowest BCUT2D eigenvalue weighted by molar-refractivity contribution is 0.0650. The first kappa shape index (κ1) is 24.5. The van der Waals surface area contributed by atoms with Gasteiger partial charge in [-0.3, -0.25) is 4.79 Å². The van der Waals surface area contributed by atoms with E-state index in [1.807, 2.05) is 0 Å². The third-order valence-electron chi connectivity index (χ3n) is 6.16. The molecule has 0 saturated carbocycles. The lowest BCUT2D eigenvalue weighted by Crippen LogP contribution is -2.42. The second-order valence-corrected chi connectivity index (χ2v) is 8.56. The third kappa shape index (κ3) is 4.30. The van der Waals surface area contributed by atoms with Crippen LogP contribution < -0.4 is 9.47 Å². The highest BCUT2D eigenvalue weighted by Crippen LogP contribution is 2.44. The molecule has 0 spiro atoms. The molecule has 1 aliphatic heterocycles. The smallest absolute Gasteiger partial charge is 0.336 e. The van der Waals surface area contributed by atoms with Gasteiger partial charge in [-0.1, -0.05) is 23.7 Å². The van der Waals surface area contributed by atoms with Crippen molar-refractivity contribution in [3.8, 4) is 11.5 Å². The summed E-state index contributed by atoms with van der Waals surface area (Å²) in [7, 11) is 2.93. The minimum Gasteiger partial charge on any atom is -0.497 e. The summed E-state index contributed by atoms with van der Waals surface area (Å²) in [6.45, 7) is 1.76. The number of aryl methyl sites for hydroxylation is 1. The molecule has 6 nitrogen and oxygen atoms in total. The average Bonchev–Trinajstić information content (AvgIpc) is 2.85. The van der Waals surface area contributed by atoms with E-state index in [9.17, 15) is 19.1 Å². The Bertz CT molecular complexity index is 1330. The van der Waals surface area contributed by atoms with E-state index in [0.717, 1.165) is 11.6 Å². The normalized spacial score (nSPS) is 14.9. The number of carboxylic acids is 1. The van der Waals surface area contributed by atoms with Gasteiger partial charge in [-0.15, -0.1) is 0 Å². The number of amides is 1. The fraction of sp³-hybridized carbons (Fsp3) is 0.231. The number of carbonyl (C=O) groups excluding carboxylic acids is 1. The molecule has 0 saturated heterocycles. The summed E-state index contributed by atoms with van der Waals surface area (Å²) in [6, 6.07) is 8.64. The van der Waals surface area contributed by atoms with Crippen molar-refractivity contribution in [2.75, 3.05) is 20.8 Å². The number of carbonyl (C=O) groups is 2. The minimum absolute atomic E-state index is 0.0784. The summed E-state index contributed by atoms with van der Waals surface area (Å²) in [6.07, 6.45) is 0.358. The van der Waals surface area contributed by atoms with E-state index in [0.29, 0.717) is 29.0 Å². The first-order valence-electron chi connectivity index (χ1n) is 10.7. The Labute approximate surface area is 205 Å². The standard InChI is InChI=1S/C26H22ClF2NO5/c1-13-9-17(18(26(32)33)12-19(13)27)25(31)30-8-7-14-10-15(34-2)11-21(35-3)22(14)24(30)16-5-4-6-20(28)23(16)29/h4-6,9-12,24H,7-8H2,1-3H3,(H,32,33). The Morgan fingerprint density at radius 1 is 1.09 bits per heavy atom. The largest absolute Gasteiger partial charge is 0.497 e. The molecule has 0 aromatic heterocycles. The molecule has 0 bridgehead atoms. The van der Waals surface area contributed by atoms with Gasteiger partial charge in [-0.05, 0) is 48.7 Å². The number of halogens is 3. The maximum Gasteiger partial charge on any atom is 0.336 e. The Kier molecular flexibility index (Phi) is 6.67. The van der Waals surface area contributed by atoms with Crippen LogP contribution in [-0.2, 0) is 6.42 Å². The number of rotatable bonds is 5. The molecule has 1 unspecified atom stereocenters. The second-order valence-electron chi connectivity index (χ2n) is 8.15. The first-order chi connectivity index (χ1) is 16.7. The van der Waals surface area contributed by atoms with Gasteiger partial charge in [0.05, 0.1) is 31.4 Å². The predicted octanol–water partition coefficient (Wildman–Crippen LogP) is 5.43. The molecular formula is C26H22ClF2NO5. The number of nitrogens with zero attached hydrogens (tertiary/aromatic N) is 1. The molecule has 1 atom stereocenters. The van der Waals surface area contributed by atoms with Crippen molar-refractivity contribution in [1.29, 1.82) is 0 Å². The Morgan fingerprint density at radius 3 is 2.49 bits per heavy atom. The van der Waals surface area contributed by atoms with Crippen LogP contribution >= 0.6 is 11.6 Å². The van der Waals surface area contributed by atoms with E-state index in [1.54, 1.807) is 19.1 Å². The van der Waals surface area contributed by atoms with Crippen LogP contribution in [0.25, 0.3) is 0 Å². The maximum absolute atomic E-state index is 15.1. The van der Waals surface area contributed by atoms with E-state index >= 15 is 4.39 Å². The van der Waals surface area contributed by atoms with Crippen LogP contribution in [0, 0.1) is 18.6 Å². The molecule has 1 aliphatic rings. The number of carboxylic acid groups (broad SMARTS) is 1. The van der Waals surface area contributed by atoms with Gasteiger partial charge in [-0.2, -0.15) is 0 Å². The Hall–Kier alpha value is -3.65. The molecule has 0 aliphatic carbocycles. The summed E-state index contributed by atoms with van der Waals surface area (Å²) in [5.74, 6) is -3.31. The zero-order chi connectivity index (χ0) is 25.4. The molecule has 3 aromatic rings. The lowest BCUT2D eigenvalue weighted by Gasteiger charge is -2.39. The third-order valence-corrected chi connectivity index (χ3v) is 6.57. The molecule has 35 heavy (non-hydrogen) atoms. The number of ether oxygens (including phenoxy) is 2. The van der Waals surface area contributed by atoms with Crippen LogP contribution in [-0.4, -0.2) is 42.6 Å². The Balaban J connectivity index is 1.96. The van der Waals surface area contributed by atoms with Crippen molar-refractivity contribution in [1.82, 2.24) is 4.90 Å². The van der Waals surface area contributed by atoms with Crippen molar-refractivity contribution in [3.05, 3.63) is 92.5 Å². The number of hydrogen-bond donors (Lipinski definition) is 1. The van der Waals surface area contributed by atoms with Crippen LogP contribution in [0.1, 0.15) is 49.0 Å². The van der Waals surface area contributed by atoms with Crippen molar-refractivity contribution < 1.29 is 33.0 Å². The summed E-state index contributed by atoms with van der Waals surface area (Å²) in [4.78, 5) is 27.1. The molecule has 1 N–H and O–H groups in total. The van der Waals surface area contributed by atoms with Gasteiger partial charge in [0.1, 0.15) is 11.5 Å². The summed E-state index contributed by atoms with van der Waals surface area (Å²) < 4.78 is 40.3. The van der Waals surface area contributed by atoms with Crippen LogP contribution in [0.2, 0.25) is 5.02 Å². The maximum atomic E-state index is 15.1. The monoisotopic (exact) mass is 501 g/mol. The topological polar surface area (TPSA) is 76.1 Å². The van der Waals surface area contributed by atoms with Gasteiger partial charge in [0.2, 0.25) is 0 Å². The summed E-state index contributed by atoms with van der Waals surface area (Å²) in [5, 5.41) is 9.91. The SMILES string of the molecule is COc1cc2c(c(OC)c1)C(c1cccc(F)c1F)N(C(=O)c1cc(C)c(Cl)cc1C(=O)O)CC2. The van der Waals surface area contributed by atoms with E-state index in [-0.39, 0.29) is 28.3 Å². The van der Waals surface area contributed by atoms with Gasteiger partial charge in [0.15, 0.2) is 11.6 Å². The molecule has 4 rings (SSSR count). The zero-order valence-electron chi connectivity index (χ0n) is 19.2. The number of aromatic carboxylic acids is 1. The highest BCUT2D eigenvalue weighted by Gasteiger charge is 2.38. The summed E-state index contributed by atoms with van der Waals surface area (Å²) >= 11 is 6.11. The quantitative estimate of drug-likeness (QED) is 0.504. The van der Waals surface area contributed by atoms with E-state index in [2.05, 4.69) is 0 Å². The fourth-order valence-electron chi connectivity index (χ4n) is 4.45. The van der Waals surface area contributed by atoms with E-state index in [1.165, 1.54) is 43.4 Å². The van der Waals surface area contributed by atoms with Crippen molar-refractivity contribution >= 4 is 23.5 Å². The van der Waals surface area contributed by atoms with Crippen molar-refractivity contribution in [3.63, 3.8) is 0 Å². The van der Waals surface area contributed by atoms with E-state index in [4.69, 9.17) is 21.1 Å². The van der Waals surface area contributed by atoms with Gasteiger partial charge in [0.25, 0.3) is 5.91 Å². The number of fused-ring (bicyclic) bond motifs is 1. The van der Waals surface area contributed by atoms with Crippen molar-refractivity contribution in [2.24, 2.45) is 0 Å². The average molecular weight is 502 g/mol. The van der Waals surface area contributed by atoms with Gasteiger partial charge < -0.3 is 19.5 Å². The molecule has 182 valence electrons. The Morgan fingerprint density at radius 2 is 1.83 bits per heavy atom. The number of methoxy groups -OCH3 is 2. The lowest BCUT2D eigenvalue weighted by atomic mass is 9.86. The first-order valence-corrected chi connectivity index (χ1v) is 11.1. The fourth-order valence-corrected chi connectivity index (χ4v) is 4.61. The van der Waals surface area contributed by atoms with Crippen LogP contribution in [0.4, 0.5) is 8.78 Å². The second kappa shape index (κ2) is 9.54. The van der Waals surface area contributed by atoms with Crippen LogP contribution in [0.15, 0.2) is 42.5 Å². The predicted molar refractivity (Wildman–Crippen MR) is 126 cm³/mol. The molecule has 3 aromatic carbocycles. The molecule has 0 radical (unpaired) electrons. The van der Waals surface area contributed by atoms with Crippen LogP contribution in [0.3, 0.4) is 0 Å².